The second-order valence-corrected chi connectivity index (χ2v) is 4.97. The summed E-state index contributed by atoms with van der Waals surface area (Å²) in [7, 11) is 3.46. The van der Waals surface area contributed by atoms with Crippen LogP contribution in [0.15, 0.2) is 16.5 Å². The average Bonchev–Trinajstić information content (AvgIpc) is 2.78. The fourth-order valence-electron chi connectivity index (χ4n) is 2.27. The van der Waals surface area contributed by atoms with Gasteiger partial charge in [-0.15, -0.1) is 0 Å². The van der Waals surface area contributed by atoms with Gasteiger partial charge in [0.05, 0.1) is 6.04 Å². The molecule has 0 aliphatic heterocycles. The van der Waals surface area contributed by atoms with E-state index in [-0.39, 0.29) is 6.04 Å². The van der Waals surface area contributed by atoms with Gasteiger partial charge in [-0.2, -0.15) is 0 Å². The van der Waals surface area contributed by atoms with Gasteiger partial charge in [0, 0.05) is 25.8 Å². The van der Waals surface area contributed by atoms with E-state index in [0.29, 0.717) is 12.4 Å². The van der Waals surface area contributed by atoms with Crippen molar-refractivity contribution in [2.75, 3.05) is 24.8 Å². The molecule has 21 heavy (non-hydrogen) atoms. The molecule has 0 bridgehead atoms. The van der Waals surface area contributed by atoms with E-state index in [0.717, 1.165) is 28.7 Å². The zero-order valence-corrected chi connectivity index (χ0v) is 13.2. The lowest BCUT2D eigenvalue weighted by molar-refractivity contribution is 0.178. The van der Waals surface area contributed by atoms with Crippen molar-refractivity contribution in [3.8, 4) is 0 Å². The number of methoxy groups -OCH3 is 1. The molecule has 2 rings (SSSR count). The number of aryl methyl sites for hydroxylation is 2. The number of hydrogen-bond donors (Lipinski definition) is 2. The molecule has 1 unspecified atom stereocenters. The van der Waals surface area contributed by atoms with Crippen molar-refractivity contribution in [3.63, 3.8) is 0 Å². The molecule has 2 N–H and O–H groups in total. The molecular formula is C15H22N4O2. The van der Waals surface area contributed by atoms with Crippen LogP contribution in [0.3, 0.4) is 0 Å². The van der Waals surface area contributed by atoms with E-state index in [2.05, 4.69) is 27.5 Å². The Balaban J connectivity index is 2.21. The van der Waals surface area contributed by atoms with Crippen LogP contribution in [0.1, 0.15) is 35.9 Å². The van der Waals surface area contributed by atoms with Crippen LogP contribution in [0.25, 0.3) is 0 Å². The monoisotopic (exact) mass is 290 g/mol. The molecule has 1 atom stereocenters. The van der Waals surface area contributed by atoms with E-state index in [9.17, 15) is 0 Å². The molecule has 0 aliphatic carbocycles. The highest BCUT2D eigenvalue weighted by Crippen LogP contribution is 2.25. The molecule has 6 nitrogen and oxygen atoms in total. The molecule has 0 saturated carbocycles. The third-order valence-corrected chi connectivity index (χ3v) is 3.21. The quantitative estimate of drug-likeness (QED) is 0.852. The molecule has 2 aromatic rings. The Morgan fingerprint density at radius 3 is 2.52 bits per heavy atom. The maximum atomic E-state index is 5.58. The first-order chi connectivity index (χ1) is 10.0. The molecule has 2 heterocycles. The summed E-state index contributed by atoms with van der Waals surface area (Å²) < 4.78 is 10.7. The molecule has 114 valence electrons. The maximum Gasteiger partial charge on any atom is 0.158 e. The van der Waals surface area contributed by atoms with Crippen molar-refractivity contribution >= 4 is 11.6 Å². The largest absolute Gasteiger partial charge is 0.466 e. The molecule has 2 aromatic heterocycles. The third kappa shape index (κ3) is 3.72. The van der Waals surface area contributed by atoms with Gasteiger partial charge < -0.3 is 19.8 Å². The zero-order chi connectivity index (χ0) is 15.4. The van der Waals surface area contributed by atoms with Crippen LogP contribution in [0, 0.1) is 13.8 Å². The van der Waals surface area contributed by atoms with E-state index in [4.69, 9.17) is 9.15 Å². The summed E-state index contributed by atoms with van der Waals surface area (Å²) in [4.78, 5) is 8.79. The summed E-state index contributed by atoms with van der Waals surface area (Å²) in [6.07, 6.45) is 0. The number of aromatic nitrogens is 2. The molecule has 6 heteroatoms. The number of ether oxygens (including phenoxy) is 1. The number of rotatable bonds is 6. The molecule has 0 fully saturated rings. The highest BCUT2D eigenvalue weighted by molar-refractivity contribution is 5.48. The average molecular weight is 290 g/mol. The van der Waals surface area contributed by atoms with Gasteiger partial charge in [0.25, 0.3) is 0 Å². The van der Waals surface area contributed by atoms with Crippen molar-refractivity contribution in [3.05, 3.63) is 35.0 Å². The highest BCUT2D eigenvalue weighted by atomic mass is 16.5. The summed E-state index contributed by atoms with van der Waals surface area (Å²) in [6, 6.07) is 4.01. The van der Waals surface area contributed by atoms with Gasteiger partial charge in [-0.3, -0.25) is 0 Å². The molecule has 0 aliphatic rings. The van der Waals surface area contributed by atoms with Gasteiger partial charge in [-0.25, -0.2) is 9.97 Å². The minimum Gasteiger partial charge on any atom is -0.466 e. The third-order valence-electron chi connectivity index (χ3n) is 3.21. The smallest absolute Gasteiger partial charge is 0.158 e. The predicted molar refractivity (Wildman–Crippen MR) is 82.5 cm³/mol. The molecular weight excluding hydrogens is 268 g/mol. The highest BCUT2D eigenvalue weighted by Gasteiger charge is 2.14. The van der Waals surface area contributed by atoms with Crippen LogP contribution in [0.2, 0.25) is 0 Å². The van der Waals surface area contributed by atoms with E-state index >= 15 is 0 Å². The molecule has 0 spiro atoms. The summed E-state index contributed by atoms with van der Waals surface area (Å²) in [5.74, 6) is 3.99. The second kappa shape index (κ2) is 6.58. The van der Waals surface area contributed by atoms with E-state index in [1.54, 1.807) is 7.11 Å². The van der Waals surface area contributed by atoms with Crippen molar-refractivity contribution in [2.24, 2.45) is 0 Å². The maximum absolute atomic E-state index is 5.58. The first-order valence-electron chi connectivity index (χ1n) is 6.91. The summed E-state index contributed by atoms with van der Waals surface area (Å²) in [5.41, 5.74) is 1.13. The van der Waals surface area contributed by atoms with Crippen molar-refractivity contribution < 1.29 is 9.15 Å². The Kier molecular flexibility index (Phi) is 4.80. The number of nitrogens with zero attached hydrogens (tertiary/aromatic N) is 2. The van der Waals surface area contributed by atoms with Crippen LogP contribution in [-0.4, -0.2) is 24.1 Å². The fourth-order valence-corrected chi connectivity index (χ4v) is 2.27. The Labute approximate surface area is 124 Å². The molecule has 0 saturated heterocycles. The van der Waals surface area contributed by atoms with Crippen molar-refractivity contribution in [1.29, 1.82) is 0 Å². The Morgan fingerprint density at radius 1 is 1.24 bits per heavy atom. The van der Waals surface area contributed by atoms with Crippen LogP contribution in [0.4, 0.5) is 11.6 Å². The summed E-state index contributed by atoms with van der Waals surface area (Å²) in [5, 5.41) is 6.41. The van der Waals surface area contributed by atoms with Gasteiger partial charge in [0.2, 0.25) is 0 Å². The number of anilines is 2. The summed E-state index contributed by atoms with van der Waals surface area (Å²) in [6.45, 7) is 6.37. The van der Waals surface area contributed by atoms with Crippen LogP contribution in [0.5, 0.6) is 0 Å². The molecule has 0 aromatic carbocycles. The summed E-state index contributed by atoms with van der Waals surface area (Å²) >= 11 is 0. The van der Waals surface area contributed by atoms with Crippen molar-refractivity contribution in [1.82, 2.24) is 9.97 Å². The van der Waals surface area contributed by atoms with E-state index in [1.165, 1.54) is 0 Å². The van der Waals surface area contributed by atoms with E-state index in [1.807, 2.05) is 33.0 Å². The van der Waals surface area contributed by atoms with Gasteiger partial charge in [-0.1, -0.05) is 0 Å². The fraction of sp³-hybridized carbons (Fsp3) is 0.467. The van der Waals surface area contributed by atoms with Gasteiger partial charge in [0.15, 0.2) is 5.82 Å². The standard InChI is InChI=1S/C15H22N4O2/c1-9-6-12(11(3)21-9)10(2)17-14-7-13(16-4)18-15(19-14)8-20-5/h6-7,10H,8H2,1-5H3,(H2,16,17,18,19). The van der Waals surface area contributed by atoms with Crippen LogP contribution in [-0.2, 0) is 11.3 Å². The van der Waals surface area contributed by atoms with Gasteiger partial charge >= 0.3 is 0 Å². The van der Waals surface area contributed by atoms with Gasteiger partial charge in [-0.05, 0) is 26.8 Å². The van der Waals surface area contributed by atoms with Crippen LogP contribution < -0.4 is 10.6 Å². The zero-order valence-electron chi connectivity index (χ0n) is 13.2. The minimum absolute atomic E-state index is 0.0949. The number of furan rings is 1. The first-order valence-corrected chi connectivity index (χ1v) is 6.91. The Hall–Kier alpha value is -2.08. The first kappa shape index (κ1) is 15.3. The molecule has 0 radical (unpaired) electrons. The minimum atomic E-state index is 0.0949. The lowest BCUT2D eigenvalue weighted by atomic mass is 10.1. The topological polar surface area (TPSA) is 72.2 Å². The Bertz CT molecular complexity index is 610. The van der Waals surface area contributed by atoms with Crippen LogP contribution >= 0.6 is 0 Å². The number of hydrogen-bond acceptors (Lipinski definition) is 6. The lowest BCUT2D eigenvalue weighted by Gasteiger charge is -2.15. The van der Waals surface area contributed by atoms with Crippen molar-refractivity contribution in [2.45, 2.75) is 33.4 Å². The predicted octanol–water partition coefficient (Wildman–Crippen LogP) is 3.05. The SMILES string of the molecule is CNc1cc(NC(C)c2cc(C)oc2C)nc(COC)n1. The van der Waals surface area contributed by atoms with E-state index < -0.39 is 0 Å². The normalized spacial score (nSPS) is 12.2. The Morgan fingerprint density at radius 2 is 1.95 bits per heavy atom. The van der Waals surface area contributed by atoms with Gasteiger partial charge in [0.1, 0.15) is 29.8 Å². The lowest BCUT2D eigenvalue weighted by Crippen LogP contribution is -2.11. The second-order valence-electron chi connectivity index (χ2n) is 4.97. The molecule has 0 amide bonds. The number of nitrogens with one attached hydrogen (secondary N) is 2.